The molecule has 3 rings (SSSR count). The minimum atomic E-state index is -0.0475. The van der Waals surface area contributed by atoms with E-state index in [1.54, 1.807) is 7.11 Å². The molecule has 1 N–H and O–H groups in total. The van der Waals surface area contributed by atoms with Gasteiger partial charge in [0.05, 0.1) is 12.8 Å². The number of carbonyl (C=O) groups is 2. The highest BCUT2D eigenvalue weighted by Gasteiger charge is 2.33. The first-order valence-corrected chi connectivity index (χ1v) is 11.3. The number of benzene rings is 1. The molecule has 1 saturated carbocycles. The highest BCUT2D eigenvalue weighted by atomic mass is 16.5. The molecule has 0 unspecified atom stereocenters. The highest BCUT2D eigenvalue weighted by molar-refractivity contribution is 5.94. The van der Waals surface area contributed by atoms with Crippen molar-refractivity contribution in [2.24, 2.45) is 17.8 Å². The van der Waals surface area contributed by atoms with E-state index in [1.165, 1.54) is 32.1 Å². The summed E-state index contributed by atoms with van der Waals surface area (Å²) in [7, 11) is 1.60. The molecule has 0 spiro atoms. The average Bonchev–Trinajstić information content (AvgIpc) is 2.78. The summed E-state index contributed by atoms with van der Waals surface area (Å²) < 4.78 is 5.31. The van der Waals surface area contributed by atoms with Crippen LogP contribution in [-0.2, 0) is 9.59 Å². The number of ether oxygens (including phenoxy) is 1. The van der Waals surface area contributed by atoms with Gasteiger partial charge in [0, 0.05) is 24.9 Å². The Bertz CT molecular complexity index is 674. The summed E-state index contributed by atoms with van der Waals surface area (Å²) in [5.74, 6) is 1.99. The van der Waals surface area contributed by atoms with Gasteiger partial charge in [-0.05, 0) is 56.6 Å². The third-order valence-corrected chi connectivity index (χ3v) is 6.70. The number of unbranched alkanes of at least 4 members (excludes halogenated alkanes) is 1. The van der Waals surface area contributed by atoms with Crippen LogP contribution in [0.1, 0.15) is 64.7 Å². The molecular formula is C24H36N2O3. The van der Waals surface area contributed by atoms with Crippen molar-refractivity contribution in [1.29, 1.82) is 0 Å². The molecule has 1 aromatic rings. The van der Waals surface area contributed by atoms with Crippen molar-refractivity contribution < 1.29 is 14.3 Å². The number of likely N-dealkylation sites (tertiary alicyclic amines) is 1. The van der Waals surface area contributed by atoms with E-state index in [2.05, 4.69) is 12.2 Å². The van der Waals surface area contributed by atoms with Gasteiger partial charge >= 0.3 is 0 Å². The highest BCUT2D eigenvalue weighted by Crippen LogP contribution is 2.34. The Labute approximate surface area is 175 Å². The van der Waals surface area contributed by atoms with Gasteiger partial charge in [0.25, 0.3) is 0 Å². The summed E-state index contributed by atoms with van der Waals surface area (Å²) in [4.78, 5) is 27.6. The van der Waals surface area contributed by atoms with Crippen LogP contribution in [0, 0.1) is 17.8 Å². The fraction of sp³-hybridized carbons (Fsp3) is 0.667. The van der Waals surface area contributed by atoms with E-state index in [-0.39, 0.29) is 17.7 Å². The molecular weight excluding hydrogens is 364 g/mol. The zero-order valence-electron chi connectivity index (χ0n) is 18.0. The van der Waals surface area contributed by atoms with Crippen molar-refractivity contribution in [3.05, 3.63) is 24.3 Å². The molecule has 2 aliphatic rings. The summed E-state index contributed by atoms with van der Waals surface area (Å²) in [6, 6.07) is 7.46. The molecule has 1 aliphatic heterocycles. The molecule has 160 valence electrons. The van der Waals surface area contributed by atoms with Crippen LogP contribution in [-0.4, -0.2) is 36.9 Å². The van der Waals surface area contributed by atoms with E-state index >= 15 is 0 Å². The topological polar surface area (TPSA) is 58.6 Å². The standard InChI is InChI=1S/C24H36N2O3/c1-3-4-7-18-10-12-20(13-11-18)24(28)26-16-14-19(15-17-26)23(27)25-21-8-5-6-9-22(21)29-2/h5-6,8-9,18-20H,3-4,7,10-17H2,1-2H3,(H,25,27). The molecule has 0 atom stereocenters. The molecule has 5 nitrogen and oxygen atoms in total. The first kappa shape index (κ1) is 21.7. The van der Waals surface area contributed by atoms with Gasteiger partial charge in [-0.2, -0.15) is 0 Å². The molecule has 1 aliphatic carbocycles. The molecule has 1 saturated heterocycles. The summed E-state index contributed by atoms with van der Waals surface area (Å²) in [5, 5.41) is 2.99. The van der Waals surface area contributed by atoms with Gasteiger partial charge in [0.15, 0.2) is 0 Å². The van der Waals surface area contributed by atoms with Crippen LogP contribution in [0.25, 0.3) is 0 Å². The van der Waals surface area contributed by atoms with Gasteiger partial charge in [-0.1, -0.05) is 38.3 Å². The monoisotopic (exact) mass is 400 g/mol. The maximum absolute atomic E-state index is 12.9. The molecule has 1 aromatic carbocycles. The van der Waals surface area contributed by atoms with E-state index < -0.39 is 0 Å². The number of hydrogen-bond acceptors (Lipinski definition) is 3. The van der Waals surface area contributed by atoms with Crippen molar-refractivity contribution in [3.63, 3.8) is 0 Å². The smallest absolute Gasteiger partial charge is 0.227 e. The SMILES string of the molecule is CCCCC1CCC(C(=O)N2CCC(C(=O)Nc3ccccc3OC)CC2)CC1. The van der Waals surface area contributed by atoms with Crippen LogP contribution < -0.4 is 10.1 Å². The quantitative estimate of drug-likeness (QED) is 0.710. The second-order valence-corrected chi connectivity index (χ2v) is 8.65. The van der Waals surface area contributed by atoms with Crippen molar-refractivity contribution in [1.82, 2.24) is 4.90 Å². The minimum absolute atomic E-state index is 0.0260. The Morgan fingerprint density at radius 3 is 2.38 bits per heavy atom. The number of nitrogens with one attached hydrogen (secondary N) is 1. The van der Waals surface area contributed by atoms with Crippen LogP contribution in [0.4, 0.5) is 5.69 Å². The van der Waals surface area contributed by atoms with E-state index in [9.17, 15) is 9.59 Å². The summed E-state index contributed by atoms with van der Waals surface area (Å²) in [6.45, 7) is 3.63. The summed E-state index contributed by atoms with van der Waals surface area (Å²) in [6.07, 6.45) is 9.86. The molecule has 0 aromatic heterocycles. The number of nitrogens with zero attached hydrogens (tertiary/aromatic N) is 1. The van der Waals surface area contributed by atoms with Gasteiger partial charge in [-0.25, -0.2) is 0 Å². The zero-order chi connectivity index (χ0) is 20.6. The lowest BCUT2D eigenvalue weighted by Gasteiger charge is -2.36. The van der Waals surface area contributed by atoms with Gasteiger partial charge < -0.3 is 15.0 Å². The predicted molar refractivity (Wildman–Crippen MR) is 116 cm³/mol. The number of amides is 2. The lowest BCUT2D eigenvalue weighted by atomic mass is 9.79. The number of para-hydroxylation sites is 2. The molecule has 0 bridgehead atoms. The van der Waals surface area contributed by atoms with Crippen LogP contribution in [0.3, 0.4) is 0 Å². The van der Waals surface area contributed by atoms with Gasteiger partial charge in [-0.3, -0.25) is 9.59 Å². The number of methoxy groups -OCH3 is 1. The first-order valence-electron chi connectivity index (χ1n) is 11.3. The summed E-state index contributed by atoms with van der Waals surface area (Å²) in [5.41, 5.74) is 0.707. The maximum Gasteiger partial charge on any atom is 0.227 e. The third kappa shape index (κ3) is 5.74. The van der Waals surface area contributed by atoms with Crippen molar-refractivity contribution in [2.75, 3.05) is 25.5 Å². The van der Waals surface area contributed by atoms with Gasteiger partial charge in [0.2, 0.25) is 11.8 Å². The maximum atomic E-state index is 12.9. The average molecular weight is 401 g/mol. The summed E-state index contributed by atoms with van der Waals surface area (Å²) >= 11 is 0. The van der Waals surface area contributed by atoms with E-state index in [0.717, 1.165) is 31.6 Å². The fourth-order valence-electron chi connectivity index (χ4n) is 4.79. The van der Waals surface area contributed by atoms with Crippen molar-refractivity contribution in [2.45, 2.75) is 64.7 Å². The third-order valence-electron chi connectivity index (χ3n) is 6.70. The Morgan fingerprint density at radius 1 is 1.03 bits per heavy atom. The number of anilines is 1. The fourth-order valence-corrected chi connectivity index (χ4v) is 4.79. The van der Waals surface area contributed by atoms with E-state index in [1.807, 2.05) is 29.2 Å². The predicted octanol–water partition coefficient (Wildman–Crippen LogP) is 4.87. The Hall–Kier alpha value is -2.04. The second-order valence-electron chi connectivity index (χ2n) is 8.65. The first-order chi connectivity index (χ1) is 14.1. The normalized spacial score (nSPS) is 22.9. The van der Waals surface area contributed by atoms with Crippen LogP contribution >= 0.6 is 0 Å². The van der Waals surface area contributed by atoms with Crippen LogP contribution in [0.15, 0.2) is 24.3 Å². The van der Waals surface area contributed by atoms with Gasteiger partial charge in [-0.15, -0.1) is 0 Å². The number of rotatable bonds is 7. The van der Waals surface area contributed by atoms with Crippen LogP contribution in [0.5, 0.6) is 5.75 Å². The minimum Gasteiger partial charge on any atom is -0.495 e. The largest absolute Gasteiger partial charge is 0.495 e. The molecule has 5 heteroatoms. The second kappa shape index (κ2) is 10.7. The Balaban J connectivity index is 1.44. The lowest BCUT2D eigenvalue weighted by Crippen LogP contribution is -2.44. The van der Waals surface area contributed by atoms with Crippen molar-refractivity contribution >= 4 is 17.5 Å². The number of piperidine rings is 1. The molecule has 1 heterocycles. The zero-order valence-corrected chi connectivity index (χ0v) is 18.0. The number of carbonyl (C=O) groups excluding carboxylic acids is 2. The molecule has 2 amide bonds. The Kier molecular flexibility index (Phi) is 7.96. The Morgan fingerprint density at radius 2 is 1.72 bits per heavy atom. The van der Waals surface area contributed by atoms with Gasteiger partial charge in [0.1, 0.15) is 5.75 Å². The van der Waals surface area contributed by atoms with Crippen LogP contribution in [0.2, 0.25) is 0 Å². The molecule has 2 fully saturated rings. The van der Waals surface area contributed by atoms with Crippen molar-refractivity contribution in [3.8, 4) is 5.75 Å². The molecule has 0 radical (unpaired) electrons. The number of hydrogen-bond donors (Lipinski definition) is 1. The molecule has 29 heavy (non-hydrogen) atoms. The van der Waals surface area contributed by atoms with E-state index in [0.29, 0.717) is 30.4 Å². The van der Waals surface area contributed by atoms with E-state index in [4.69, 9.17) is 4.74 Å². The lowest BCUT2D eigenvalue weighted by molar-refractivity contribution is -0.139.